The third kappa shape index (κ3) is 4.36. The van der Waals surface area contributed by atoms with Gasteiger partial charge < -0.3 is 14.7 Å². The third-order valence-electron chi connectivity index (χ3n) is 5.58. The molecule has 0 spiro atoms. The summed E-state index contributed by atoms with van der Waals surface area (Å²) in [6, 6.07) is 10.7. The van der Waals surface area contributed by atoms with Crippen molar-refractivity contribution in [3.8, 4) is 0 Å². The number of piperazine rings is 2. The number of likely N-dealkylation sites (N-methyl/N-ethyl adjacent to an activating group) is 1. The first kappa shape index (κ1) is 20.1. The van der Waals surface area contributed by atoms with Crippen molar-refractivity contribution in [2.45, 2.75) is 11.8 Å². The van der Waals surface area contributed by atoms with Crippen LogP contribution in [-0.4, -0.2) is 87.0 Å². The summed E-state index contributed by atoms with van der Waals surface area (Å²) in [5, 5.41) is 0. The zero-order valence-electron chi connectivity index (χ0n) is 17.0. The highest BCUT2D eigenvalue weighted by molar-refractivity contribution is 7.89. The number of aryl methyl sites for hydroxylation is 1. The number of rotatable bonds is 4. The molecule has 2 aliphatic rings. The molecule has 0 atom stereocenters. The molecule has 29 heavy (non-hydrogen) atoms. The van der Waals surface area contributed by atoms with Gasteiger partial charge in [-0.1, -0.05) is 18.2 Å². The molecule has 2 saturated heterocycles. The molecule has 0 radical (unpaired) electrons. The number of hydrogen-bond acceptors (Lipinski definition) is 7. The predicted molar refractivity (Wildman–Crippen MR) is 114 cm³/mol. The van der Waals surface area contributed by atoms with E-state index in [1.807, 2.05) is 19.1 Å². The standard InChI is InChI=1S/C20H28N6O2S/c1-17-21-19(24-10-8-23(2)9-11-24)16-20(22-17)25-12-14-26(15-13-25)29(27,28)18-6-4-3-5-7-18/h3-7,16H,8-15H2,1-2H3. The molecule has 0 N–H and O–H groups in total. The van der Waals surface area contributed by atoms with Crippen LogP contribution in [0.3, 0.4) is 0 Å². The average Bonchev–Trinajstić information content (AvgIpc) is 2.74. The molecule has 0 unspecified atom stereocenters. The number of sulfonamides is 1. The van der Waals surface area contributed by atoms with Crippen LogP contribution in [0.15, 0.2) is 41.3 Å². The SMILES string of the molecule is Cc1nc(N2CCN(C)CC2)cc(N2CCN(S(=O)(=O)c3ccccc3)CC2)n1. The lowest BCUT2D eigenvalue weighted by Crippen LogP contribution is -2.49. The lowest BCUT2D eigenvalue weighted by molar-refractivity contribution is 0.312. The molecule has 3 heterocycles. The summed E-state index contributed by atoms with van der Waals surface area (Å²) >= 11 is 0. The lowest BCUT2D eigenvalue weighted by atomic mass is 10.3. The van der Waals surface area contributed by atoms with E-state index in [0.29, 0.717) is 31.1 Å². The van der Waals surface area contributed by atoms with Gasteiger partial charge in [-0.05, 0) is 26.1 Å². The van der Waals surface area contributed by atoms with Crippen molar-refractivity contribution >= 4 is 21.7 Å². The van der Waals surface area contributed by atoms with Gasteiger partial charge in [-0.2, -0.15) is 4.31 Å². The molecule has 0 saturated carbocycles. The van der Waals surface area contributed by atoms with Crippen LogP contribution in [0.25, 0.3) is 0 Å². The fourth-order valence-electron chi connectivity index (χ4n) is 3.80. The Balaban J connectivity index is 1.46. The van der Waals surface area contributed by atoms with Crippen LogP contribution in [0.5, 0.6) is 0 Å². The Labute approximate surface area is 172 Å². The van der Waals surface area contributed by atoms with Gasteiger partial charge in [0.25, 0.3) is 0 Å². The van der Waals surface area contributed by atoms with E-state index in [4.69, 9.17) is 0 Å². The van der Waals surface area contributed by atoms with Crippen molar-refractivity contribution in [2.24, 2.45) is 0 Å². The maximum atomic E-state index is 12.8. The van der Waals surface area contributed by atoms with Crippen molar-refractivity contribution in [1.29, 1.82) is 0 Å². The van der Waals surface area contributed by atoms with Crippen molar-refractivity contribution in [2.75, 3.05) is 69.2 Å². The first-order valence-corrected chi connectivity index (χ1v) is 11.5. The Morgan fingerprint density at radius 2 is 1.31 bits per heavy atom. The maximum absolute atomic E-state index is 12.8. The van der Waals surface area contributed by atoms with Crippen molar-refractivity contribution < 1.29 is 8.42 Å². The van der Waals surface area contributed by atoms with Crippen LogP contribution in [0, 0.1) is 6.92 Å². The van der Waals surface area contributed by atoms with E-state index in [9.17, 15) is 8.42 Å². The fourth-order valence-corrected chi connectivity index (χ4v) is 5.24. The molecule has 1 aromatic heterocycles. The van der Waals surface area contributed by atoms with Gasteiger partial charge in [0.2, 0.25) is 10.0 Å². The first-order chi connectivity index (χ1) is 13.9. The minimum Gasteiger partial charge on any atom is -0.354 e. The number of nitrogens with zero attached hydrogens (tertiary/aromatic N) is 6. The van der Waals surface area contributed by atoms with Crippen LogP contribution in [-0.2, 0) is 10.0 Å². The quantitative estimate of drug-likeness (QED) is 0.738. The molecule has 1 aromatic carbocycles. The summed E-state index contributed by atoms with van der Waals surface area (Å²) in [6.45, 7) is 8.00. The molecule has 0 amide bonds. The van der Waals surface area contributed by atoms with E-state index in [1.54, 1.807) is 28.6 Å². The molecule has 0 aliphatic carbocycles. The van der Waals surface area contributed by atoms with Gasteiger partial charge in [-0.15, -0.1) is 0 Å². The highest BCUT2D eigenvalue weighted by Gasteiger charge is 2.29. The van der Waals surface area contributed by atoms with E-state index in [0.717, 1.165) is 43.6 Å². The van der Waals surface area contributed by atoms with E-state index in [1.165, 1.54) is 0 Å². The van der Waals surface area contributed by atoms with E-state index in [2.05, 4.69) is 31.7 Å². The molecule has 9 heteroatoms. The first-order valence-electron chi connectivity index (χ1n) is 10.0. The third-order valence-corrected chi connectivity index (χ3v) is 7.49. The Bertz CT molecular complexity index is 937. The summed E-state index contributed by atoms with van der Waals surface area (Å²) in [5.41, 5.74) is 0. The Morgan fingerprint density at radius 1 is 0.793 bits per heavy atom. The van der Waals surface area contributed by atoms with Crippen LogP contribution in [0.4, 0.5) is 11.6 Å². The average molecular weight is 417 g/mol. The Kier molecular flexibility index (Phi) is 5.71. The molecule has 0 bridgehead atoms. The normalized spacial score (nSPS) is 19.5. The van der Waals surface area contributed by atoms with Gasteiger partial charge in [-0.25, -0.2) is 18.4 Å². The van der Waals surface area contributed by atoms with E-state index < -0.39 is 10.0 Å². The van der Waals surface area contributed by atoms with Crippen LogP contribution >= 0.6 is 0 Å². The van der Waals surface area contributed by atoms with E-state index >= 15 is 0 Å². The number of hydrogen-bond donors (Lipinski definition) is 0. The van der Waals surface area contributed by atoms with Crippen molar-refractivity contribution in [1.82, 2.24) is 19.2 Å². The molecular formula is C20H28N6O2S. The zero-order chi connectivity index (χ0) is 20.4. The molecular weight excluding hydrogens is 388 g/mol. The topological polar surface area (TPSA) is 72.9 Å². The Morgan fingerprint density at radius 3 is 1.86 bits per heavy atom. The number of anilines is 2. The summed E-state index contributed by atoms with van der Waals surface area (Å²) in [5.74, 6) is 2.58. The van der Waals surface area contributed by atoms with Gasteiger partial charge in [0, 0.05) is 58.4 Å². The number of benzene rings is 1. The van der Waals surface area contributed by atoms with Gasteiger partial charge in [0.15, 0.2) is 0 Å². The zero-order valence-corrected chi connectivity index (χ0v) is 17.8. The maximum Gasteiger partial charge on any atom is 0.243 e. The second-order valence-electron chi connectivity index (χ2n) is 7.63. The fraction of sp³-hybridized carbons (Fsp3) is 0.500. The van der Waals surface area contributed by atoms with Crippen molar-refractivity contribution in [3.63, 3.8) is 0 Å². The minimum atomic E-state index is -3.45. The second kappa shape index (κ2) is 8.25. The highest BCUT2D eigenvalue weighted by atomic mass is 32.2. The smallest absolute Gasteiger partial charge is 0.243 e. The monoisotopic (exact) mass is 416 g/mol. The van der Waals surface area contributed by atoms with Crippen LogP contribution < -0.4 is 9.80 Å². The van der Waals surface area contributed by atoms with Gasteiger partial charge in [-0.3, -0.25) is 0 Å². The predicted octanol–water partition coefficient (Wildman–Crippen LogP) is 1.05. The summed E-state index contributed by atoms with van der Waals surface area (Å²) in [4.78, 5) is 16.4. The molecule has 8 nitrogen and oxygen atoms in total. The van der Waals surface area contributed by atoms with Crippen molar-refractivity contribution in [3.05, 3.63) is 42.2 Å². The minimum absolute atomic E-state index is 0.351. The molecule has 2 fully saturated rings. The van der Waals surface area contributed by atoms with Gasteiger partial charge in [0.1, 0.15) is 17.5 Å². The molecule has 2 aromatic rings. The van der Waals surface area contributed by atoms with Crippen LogP contribution in [0.1, 0.15) is 5.82 Å². The summed E-state index contributed by atoms with van der Waals surface area (Å²) < 4.78 is 27.2. The molecule has 2 aliphatic heterocycles. The number of aromatic nitrogens is 2. The highest BCUT2D eigenvalue weighted by Crippen LogP contribution is 2.23. The van der Waals surface area contributed by atoms with Gasteiger partial charge in [0.05, 0.1) is 4.90 Å². The van der Waals surface area contributed by atoms with E-state index in [-0.39, 0.29) is 0 Å². The summed E-state index contributed by atoms with van der Waals surface area (Å²) in [7, 11) is -1.31. The lowest BCUT2D eigenvalue weighted by Gasteiger charge is -2.36. The van der Waals surface area contributed by atoms with Gasteiger partial charge >= 0.3 is 0 Å². The molecule has 156 valence electrons. The summed E-state index contributed by atoms with van der Waals surface area (Å²) in [6.07, 6.45) is 0. The largest absolute Gasteiger partial charge is 0.354 e. The molecule has 4 rings (SSSR count). The van der Waals surface area contributed by atoms with Crippen LogP contribution in [0.2, 0.25) is 0 Å². The second-order valence-corrected chi connectivity index (χ2v) is 9.56. The Hall–Kier alpha value is -2.23.